The van der Waals surface area contributed by atoms with Crippen LogP contribution in [-0.2, 0) is 6.54 Å². The van der Waals surface area contributed by atoms with E-state index in [2.05, 4.69) is 22.3 Å². The molecule has 2 rings (SSSR count). The van der Waals surface area contributed by atoms with E-state index < -0.39 is 5.91 Å². The van der Waals surface area contributed by atoms with Gasteiger partial charge in [-0.2, -0.15) is 0 Å². The van der Waals surface area contributed by atoms with E-state index in [0.717, 1.165) is 25.9 Å². The Morgan fingerprint density at radius 2 is 2.33 bits per heavy atom. The molecule has 1 aromatic rings. The lowest BCUT2D eigenvalue weighted by Crippen LogP contribution is -2.44. The number of likely N-dealkylation sites (tertiary alicyclic amines) is 1. The fraction of sp³-hybridized carbons (Fsp3) is 0.533. The standard InChI is InChI=1S/C15H23FN4O/c1-19-7-3-4-13(10-19)20(2)9-12-8-11(15(21)18-17)5-6-14(12)16/h5-6,8,13H,3-4,7,9-10,17H2,1-2H3,(H,18,21). The number of carbonyl (C=O) groups is 1. The molecule has 6 heteroatoms. The number of hydrogen-bond acceptors (Lipinski definition) is 4. The molecular formula is C15H23FN4O. The van der Waals surface area contributed by atoms with Gasteiger partial charge in [0.25, 0.3) is 5.91 Å². The Balaban J connectivity index is 2.09. The fourth-order valence-corrected chi connectivity index (χ4v) is 2.82. The van der Waals surface area contributed by atoms with Crippen molar-refractivity contribution in [1.82, 2.24) is 15.2 Å². The topological polar surface area (TPSA) is 61.6 Å². The van der Waals surface area contributed by atoms with E-state index >= 15 is 0 Å². The fourth-order valence-electron chi connectivity index (χ4n) is 2.82. The van der Waals surface area contributed by atoms with Gasteiger partial charge in [-0.05, 0) is 51.7 Å². The van der Waals surface area contributed by atoms with Crippen LogP contribution in [0.15, 0.2) is 18.2 Å². The summed E-state index contributed by atoms with van der Waals surface area (Å²) < 4.78 is 13.9. The van der Waals surface area contributed by atoms with Crippen molar-refractivity contribution in [3.05, 3.63) is 35.1 Å². The highest BCUT2D eigenvalue weighted by Gasteiger charge is 2.22. The zero-order chi connectivity index (χ0) is 15.4. The van der Waals surface area contributed by atoms with E-state index in [1.807, 2.05) is 7.05 Å². The number of benzene rings is 1. The Hall–Kier alpha value is -1.50. The van der Waals surface area contributed by atoms with Gasteiger partial charge < -0.3 is 4.90 Å². The summed E-state index contributed by atoms with van der Waals surface area (Å²) in [5, 5.41) is 0. The van der Waals surface area contributed by atoms with Gasteiger partial charge in [-0.3, -0.25) is 15.1 Å². The van der Waals surface area contributed by atoms with Gasteiger partial charge in [-0.1, -0.05) is 0 Å². The lowest BCUT2D eigenvalue weighted by molar-refractivity contribution is 0.0953. The Morgan fingerprint density at radius 3 is 3.00 bits per heavy atom. The number of nitrogens with two attached hydrogens (primary N) is 1. The number of piperidine rings is 1. The Bertz CT molecular complexity index is 508. The lowest BCUT2D eigenvalue weighted by Gasteiger charge is -2.36. The van der Waals surface area contributed by atoms with Crippen LogP contribution in [0.2, 0.25) is 0 Å². The second-order valence-corrected chi connectivity index (χ2v) is 5.75. The summed E-state index contributed by atoms with van der Waals surface area (Å²) in [4.78, 5) is 16.0. The lowest BCUT2D eigenvalue weighted by atomic mass is 10.0. The predicted molar refractivity (Wildman–Crippen MR) is 80.0 cm³/mol. The van der Waals surface area contributed by atoms with Crippen LogP contribution in [0.5, 0.6) is 0 Å². The third-order valence-corrected chi connectivity index (χ3v) is 4.08. The van der Waals surface area contributed by atoms with Crippen LogP contribution in [0.25, 0.3) is 0 Å². The van der Waals surface area contributed by atoms with Crippen LogP contribution < -0.4 is 11.3 Å². The molecule has 116 valence electrons. The number of carbonyl (C=O) groups excluding carboxylic acids is 1. The van der Waals surface area contributed by atoms with E-state index in [1.54, 1.807) is 6.07 Å². The summed E-state index contributed by atoms with van der Waals surface area (Å²) in [5.41, 5.74) is 2.97. The molecule has 1 unspecified atom stereocenters. The van der Waals surface area contributed by atoms with Gasteiger partial charge in [-0.15, -0.1) is 0 Å². The second-order valence-electron chi connectivity index (χ2n) is 5.75. The molecule has 1 saturated heterocycles. The minimum atomic E-state index is -0.406. The molecule has 1 aliphatic heterocycles. The molecule has 1 aliphatic rings. The molecule has 0 radical (unpaired) electrons. The first-order valence-corrected chi connectivity index (χ1v) is 7.19. The first-order valence-electron chi connectivity index (χ1n) is 7.19. The molecule has 1 fully saturated rings. The molecule has 0 aromatic heterocycles. The minimum Gasteiger partial charge on any atom is -0.305 e. The van der Waals surface area contributed by atoms with Crippen LogP contribution >= 0.6 is 0 Å². The highest BCUT2D eigenvalue weighted by Crippen LogP contribution is 2.18. The molecule has 1 amide bonds. The summed E-state index contributed by atoms with van der Waals surface area (Å²) in [5.74, 6) is 4.42. The average molecular weight is 294 g/mol. The number of amides is 1. The van der Waals surface area contributed by atoms with E-state index in [0.29, 0.717) is 23.7 Å². The van der Waals surface area contributed by atoms with E-state index in [9.17, 15) is 9.18 Å². The highest BCUT2D eigenvalue weighted by molar-refractivity contribution is 5.93. The Morgan fingerprint density at radius 1 is 1.57 bits per heavy atom. The summed E-state index contributed by atoms with van der Waals surface area (Å²) in [6, 6.07) is 4.74. The summed E-state index contributed by atoms with van der Waals surface area (Å²) in [6.07, 6.45) is 2.27. The number of hydrazine groups is 1. The molecule has 0 saturated carbocycles. The van der Waals surface area contributed by atoms with E-state index in [4.69, 9.17) is 5.84 Å². The normalized spacial score (nSPS) is 19.8. The van der Waals surface area contributed by atoms with Crippen molar-refractivity contribution in [3.8, 4) is 0 Å². The molecule has 5 nitrogen and oxygen atoms in total. The molecular weight excluding hydrogens is 271 g/mol. The number of halogens is 1. The summed E-state index contributed by atoms with van der Waals surface area (Å²) in [7, 11) is 4.10. The molecule has 0 bridgehead atoms. The van der Waals surface area contributed by atoms with Gasteiger partial charge in [0.1, 0.15) is 5.82 Å². The van der Waals surface area contributed by atoms with Crippen LogP contribution in [0.4, 0.5) is 4.39 Å². The third kappa shape index (κ3) is 4.00. The molecule has 0 aliphatic carbocycles. The van der Waals surface area contributed by atoms with Crippen molar-refractivity contribution in [2.75, 3.05) is 27.2 Å². The third-order valence-electron chi connectivity index (χ3n) is 4.08. The van der Waals surface area contributed by atoms with Crippen LogP contribution in [0, 0.1) is 5.82 Å². The molecule has 1 heterocycles. The highest BCUT2D eigenvalue weighted by atomic mass is 19.1. The SMILES string of the molecule is CN1CCCC(N(C)Cc2cc(C(=O)NN)ccc2F)C1. The molecule has 0 spiro atoms. The quantitative estimate of drug-likeness (QED) is 0.493. The van der Waals surface area contributed by atoms with Gasteiger partial charge in [0, 0.05) is 30.3 Å². The number of nitrogens with one attached hydrogen (secondary N) is 1. The van der Waals surface area contributed by atoms with Crippen molar-refractivity contribution in [1.29, 1.82) is 0 Å². The van der Waals surface area contributed by atoms with Gasteiger partial charge in [-0.25, -0.2) is 10.2 Å². The van der Waals surface area contributed by atoms with Gasteiger partial charge in [0.05, 0.1) is 0 Å². The molecule has 1 atom stereocenters. The van der Waals surface area contributed by atoms with Crippen molar-refractivity contribution in [2.24, 2.45) is 5.84 Å². The van der Waals surface area contributed by atoms with Crippen molar-refractivity contribution in [2.45, 2.75) is 25.4 Å². The van der Waals surface area contributed by atoms with E-state index in [1.165, 1.54) is 12.1 Å². The maximum absolute atomic E-state index is 13.9. The Kier molecular flexibility index (Phi) is 5.27. The van der Waals surface area contributed by atoms with Crippen molar-refractivity contribution in [3.63, 3.8) is 0 Å². The maximum atomic E-state index is 13.9. The average Bonchev–Trinajstić information content (AvgIpc) is 2.48. The maximum Gasteiger partial charge on any atom is 0.265 e. The Labute approximate surface area is 124 Å². The predicted octanol–water partition coefficient (Wildman–Crippen LogP) is 0.955. The van der Waals surface area contributed by atoms with E-state index in [-0.39, 0.29) is 5.82 Å². The molecule has 1 aromatic carbocycles. The zero-order valence-electron chi connectivity index (χ0n) is 12.6. The second kappa shape index (κ2) is 6.98. The smallest absolute Gasteiger partial charge is 0.265 e. The van der Waals surface area contributed by atoms with Crippen LogP contribution in [0.3, 0.4) is 0 Å². The minimum absolute atomic E-state index is 0.292. The first kappa shape index (κ1) is 15.9. The van der Waals surface area contributed by atoms with Crippen molar-refractivity contribution < 1.29 is 9.18 Å². The van der Waals surface area contributed by atoms with Gasteiger partial charge in [0.2, 0.25) is 0 Å². The summed E-state index contributed by atoms with van der Waals surface area (Å²) >= 11 is 0. The monoisotopic (exact) mass is 294 g/mol. The first-order chi connectivity index (χ1) is 10.0. The zero-order valence-corrected chi connectivity index (χ0v) is 12.6. The number of hydrogen-bond donors (Lipinski definition) is 2. The van der Waals surface area contributed by atoms with Crippen molar-refractivity contribution >= 4 is 5.91 Å². The molecule has 3 N–H and O–H groups in total. The number of nitrogen functional groups attached to an aromatic ring is 1. The number of likely N-dealkylation sites (N-methyl/N-ethyl adjacent to an activating group) is 2. The molecule has 21 heavy (non-hydrogen) atoms. The van der Waals surface area contributed by atoms with Gasteiger partial charge >= 0.3 is 0 Å². The summed E-state index contributed by atoms with van der Waals surface area (Å²) in [6.45, 7) is 2.59. The largest absolute Gasteiger partial charge is 0.305 e. The van der Waals surface area contributed by atoms with Crippen LogP contribution in [0.1, 0.15) is 28.8 Å². The van der Waals surface area contributed by atoms with Gasteiger partial charge in [0.15, 0.2) is 0 Å². The number of nitrogens with zero attached hydrogens (tertiary/aromatic N) is 2. The van der Waals surface area contributed by atoms with Crippen LogP contribution in [-0.4, -0.2) is 48.9 Å². The number of rotatable bonds is 4.